The number of hydrogen-bond donors (Lipinski definition) is 1. The third-order valence-corrected chi connectivity index (χ3v) is 1.73. The van der Waals surface area contributed by atoms with E-state index in [0.717, 1.165) is 6.54 Å². The van der Waals surface area contributed by atoms with Crippen LogP contribution in [0.25, 0.3) is 0 Å². The van der Waals surface area contributed by atoms with Gasteiger partial charge in [0.2, 0.25) is 0 Å². The SMILES string of the molecule is C1=CCN(c2cc[nH]c2)C=C1. The summed E-state index contributed by atoms with van der Waals surface area (Å²) in [5, 5.41) is 0. The van der Waals surface area contributed by atoms with E-state index >= 15 is 0 Å². The molecule has 0 bridgehead atoms. The molecular weight excluding hydrogens is 136 g/mol. The topological polar surface area (TPSA) is 19.0 Å². The molecule has 0 spiro atoms. The average Bonchev–Trinajstić information content (AvgIpc) is 2.58. The first-order chi connectivity index (χ1) is 5.47. The van der Waals surface area contributed by atoms with E-state index in [1.54, 1.807) is 0 Å². The molecule has 1 aromatic heterocycles. The number of anilines is 1. The summed E-state index contributed by atoms with van der Waals surface area (Å²) >= 11 is 0. The number of aromatic nitrogens is 1. The minimum absolute atomic E-state index is 0.967. The zero-order valence-electron chi connectivity index (χ0n) is 6.20. The molecule has 2 rings (SSSR count). The lowest BCUT2D eigenvalue weighted by Crippen LogP contribution is -2.16. The molecule has 0 radical (unpaired) electrons. The van der Waals surface area contributed by atoms with Crippen LogP contribution < -0.4 is 4.90 Å². The van der Waals surface area contributed by atoms with Gasteiger partial charge >= 0.3 is 0 Å². The molecule has 0 aromatic carbocycles. The summed E-state index contributed by atoms with van der Waals surface area (Å²) in [4.78, 5) is 5.20. The van der Waals surface area contributed by atoms with Crippen LogP contribution in [0.1, 0.15) is 0 Å². The molecule has 0 saturated carbocycles. The summed E-state index contributed by atoms with van der Waals surface area (Å²) in [6.07, 6.45) is 12.2. The first kappa shape index (κ1) is 6.28. The molecule has 1 aromatic rings. The molecule has 2 heteroatoms. The highest BCUT2D eigenvalue weighted by Crippen LogP contribution is 2.14. The van der Waals surface area contributed by atoms with Crippen LogP contribution in [0.4, 0.5) is 5.69 Å². The molecule has 0 aliphatic carbocycles. The van der Waals surface area contributed by atoms with Crippen molar-refractivity contribution in [2.75, 3.05) is 11.4 Å². The Morgan fingerprint density at radius 1 is 1.36 bits per heavy atom. The Kier molecular flexibility index (Phi) is 1.52. The Bertz CT molecular complexity index is 270. The van der Waals surface area contributed by atoms with Crippen LogP contribution in [-0.4, -0.2) is 11.5 Å². The van der Waals surface area contributed by atoms with Gasteiger partial charge in [0.1, 0.15) is 0 Å². The van der Waals surface area contributed by atoms with E-state index in [2.05, 4.69) is 34.3 Å². The van der Waals surface area contributed by atoms with Crippen molar-refractivity contribution < 1.29 is 0 Å². The van der Waals surface area contributed by atoms with E-state index in [1.165, 1.54) is 5.69 Å². The van der Waals surface area contributed by atoms with Crippen LogP contribution in [0.5, 0.6) is 0 Å². The summed E-state index contributed by atoms with van der Waals surface area (Å²) in [7, 11) is 0. The Morgan fingerprint density at radius 2 is 2.36 bits per heavy atom. The monoisotopic (exact) mass is 146 g/mol. The Hall–Kier alpha value is -1.44. The second-order valence-electron chi connectivity index (χ2n) is 2.49. The normalized spacial score (nSPS) is 15.8. The van der Waals surface area contributed by atoms with Gasteiger partial charge in [0, 0.05) is 25.1 Å². The van der Waals surface area contributed by atoms with E-state index in [4.69, 9.17) is 0 Å². The highest BCUT2D eigenvalue weighted by atomic mass is 15.1. The van der Waals surface area contributed by atoms with Crippen LogP contribution in [0, 0.1) is 0 Å². The fourth-order valence-electron chi connectivity index (χ4n) is 1.15. The van der Waals surface area contributed by atoms with Crippen molar-refractivity contribution in [2.45, 2.75) is 0 Å². The summed E-state index contributed by atoms with van der Waals surface area (Å²) in [6.45, 7) is 0.967. The molecule has 0 atom stereocenters. The van der Waals surface area contributed by atoms with Crippen molar-refractivity contribution in [1.29, 1.82) is 0 Å². The van der Waals surface area contributed by atoms with Crippen LogP contribution in [0.3, 0.4) is 0 Å². The largest absolute Gasteiger partial charge is 0.366 e. The van der Waals surface area contributed by atoms with E-state index in [1.807, 2.05) is 18.5 Å². The van der Waals surface area contributed by atoms with E-state index in [9.17, 15) is 0 Å². The number of H-pyrrole nitrogens is 1. The molecule has 1 aliphatic rings. The van der Waals surface area contributed by atoms with Gasteiger partial charge in [0.15, 0.2) is 0 Å². The van der Waals surface area contributed by atoms with Gasteiger partial charge in [-0.25, -0.2) is 0 Å². The summed E-state index contributed by atoms with van der Waals surface area (Å²) < 4.78 is 0. The van der Waals surface area contributed by atoms with Crippen LogP contribution in [-0.2, 0) is 0 Å². The van der Waals surface area contributed by atoms with Gasteiger partial charge in [-0.15, -0.1) is 0 Å². The van der Waals surface area contributed by atoms with E-state index in [-0.39, 0.29) is 0 Å². The first-order valence-corrected chi connectivity index (χ1v) is 3.69. The molecule has 56 valence electrons. The molecule has 0 amide bonds. The molecule has 2 nitrogen and oxygen atoms in total. The summed E-state index contributed by atoms with van der Waals surface area (Å²) in [6, 6.07) is 2.06. The van der Waals surface area contributed by atoms with Gasteiger partial charge in [0.25, 0.3) is 0 Å². The van der Waals surface area contributed by atoms with Gasteiger partial charge in [0.05, 0.1) is 5.69 Å². The maximum absolute atomic E-state index is 3.03. The standard InChI is InChI=1S/C9H10N2/c1-2-6-11(7-3-1)9-4-5-10-8-9/h1-6,8,10H,7H2. The zero-order valence-corrected chi connectivity index (χ0v) is 6.20. The number of rotatable bonds is 1. The van der Waals surface area contributed by atoms with Crippen molar-refractivity contribution in [2.24, 2.45) is 0 Å². The summed E-state index contributed by atoms with van der Waals surface area (Å²) in [5.41, 5.74) is 1.21. The van der Waals surface area contributed by atoms with E-state index in [0.29, 0.717) is 0 Å². The van der Waals surface area contributed by atoms with E-state index < -0.39 is 0 Å². The second kappa shape index (κ2) is 2.66. The zero-order chi connectivity index (χ0) is 7.52. The third kappa shape index (κ3) is 1.19. The molecule has 1 N–H and O–H groups in total. The minimum Gasteiger partial charge on any atom is -0.366 e. The third-order valence-electron chi connectivity index (χ3n) is 1.73. The Balaban J connectivity index is 2.19. The minimum atomic E-state index is 0.967. The van der Waals surface area contributed by atoms with Gasteiger partial charge in [-0.3, -0.25) is 0 Å². The molecule has 0 unspecified atom stereocenters. The molecular formula is C9H10N2. The highest BCUT2D eigenvalue weighted by Gasteiger charge is 2.01. The van der Waals surface area contributed by atoms with Gasteiger partial charge in [-0.2, -0.15) is 0 Å². The Morgan fingerprint density at radius 3 is 3.00 bits per heavy atom. The molecule has 0 saturated heterocycles. The number of aromatic amines is 1. The van der Waals surface area contributed by atoms with Crippen LogP contribution in [0.2, 0.25) is 0 Å². The lowest BCUT2D eigenvalue weighted by Gasteiger charge is -2.18. The van der Waals surface area contributed by atoms with Crippen molar-refractivity contribution in [3.05, 3.63) is 42.9 Å². The average molecular weight is 146 g/mol. The Labute approximate surface area is 65.8 Å². The summed E-state index contributed by atoms with van der Waals surface area (Å²) in [5.74, 6) is 0. The molecule has 11 heavy (non-hydrogen) atoms. The van der Waals surface area contributed by atoms with Crippen molar-refractivity contribution in [1.82, 2.24) is 4.98 Å². The number of nitrogens with one attached hydrogen (secondary N) is 1. The highest BCUT2D eigenvalue weighted by molar-refractivity contribution is 5.49. The number of allylic oxidation sites excluding steroid dienone is 2. The lowest BCUT2D eigenvalue weighted by molar-refractivity contribution is 1.08. The second-order valence-corrected chi connectivity index (χ2v) is 2.49. The fourth-order valence-corrected chi connectivity index (χ4v) is 1.15. The smallest absolute Gasteiger partial charge is 0.0586 e. The lowest BCUT2D eigenvalue weighted by atomic mass is 10.3. The van der Waals surface area contributed by atoms with Crippen LogP contribution >= 0.6 is 0 Å². The van der Waals surface area contributed by atoms with Gasteiger partial charge < -0.3 is 9.88 Å². The predicted molar refractivity (Wildman–Crippen MR) is 46.4 cm³/mol. The quantitative estimate of drug-likeness (QED) is 0.641. The molecule has 1 aliphatic heterocycles. The van der Waals surface area contributed by atoms with Crippen molar-refractivity contribution in [3.8, 4) is 0 Å². The van der Waals surface area contributed by atoms with Gasteiger partial charge in [-0.05, 0) is 12.1 Å². The van der Waals surface area contributed by atoms with Crippen molar-refractivity contribution in [3.63, 3.8) is 0 Å². The number of nitrogens with zero attached hydrogens (tertiary/aromatic N) is 1. The first-order valence-electron chi connectivity index (χ1n) is 3.69. The maximum atomic E-state index is 3.03. The predicted octanol–water partition coefficient (Wildman–Crippen LogP) is 1.90. The number of hydrogen-bond acceptors (Lipinski definition) is 1. The van der Waals surface area contributed by atoms with Gasteiger partial charge in [-0.1, -0.05) is 12.2 Å². The molecule has 2 heterocycles. The van der Waals surface area contributed by atoms with Crippen molar-refractivity contribution >= 4 is 5.69 Å². The fraction of sp³-hybridized carbons (Fsp3) is 0.111. The molecule has 0 fully saturated rings. The van der Waals surface area contributed by atoms with Crippen LogP contribution in [0.15, 0.2) is 42.9 Å². The maximum Gasteiger partial charge on any atom is 0.0586 e.